The van der Waals surface area contributed by atoms with Crippen LogP contribution in [0, 0.1) is 0 Å². The summed E-state index contributed by atoms with van der Waals surface area (Å²) in [7, 11) is 0. The number of carboxylic acids is 1. The van der Waals surface area contributed by atoms with Gasteiger partial charge in [-0.2, -0.15) is 0 Å². The van der Waals surface area contributed by atoms with Gasteiger partial charge in [0.15, 0.2) is 0 Å². The number of ether oxygens (including phenoxy) is 1. The zero-order chi connectivity index (χ0) is 19.6. The Labute approximate surface area is 158 Å². The van der Waals surface area contributed by atoms with E-state index >= 15 is 0 Å². The summed E-state index contributed by atoms with van der Waals surface area (Å²) >= 11 is 0. The van der Waals surface area contributed by atoms with Crippen molar-refractivity contribution < 1.29 is 24.5 Å². The summed E-state index contributed by atoms with van der Waals surface area (Å²) in [5, 5.41) is 23.7. The van der Waals surface area contributed by atoms with Crippen LogP contribution in [-0.4, -0.2) is 40.8 Å². The lowest BCUT2D eigenvalue weighted by Crippen LogP contribution is -2.42. The van der Waals surface area contributed by atoms with Gasteiger partial charge in [-0.1, -0.05) is 30.3 Å². The molecule has 2 unspecified atom stereocenters. The van der Waals surface area contributed by atoms with Crippen molar-refractivity contribution in [3.63, 3.8) is 0 Å². The maximum atomic E-state index is 12.1. The van der Waals surface area contributed by atoms with Crippen molar-refractivity contribution in [2.45, 2.75) is 32.1 Å². The number of amides is 1. The van der Waals surface area contributed by atoms with Crippen molar-refractivity contribution in [3.8, 4) is 5.75 Å². The van der Waals surface area contributed by atoms with Gasteiger partial charge in [0.25, 0.3) is 0 Å². The van der Waals surface area contributed by atoms with Crippen LogP contribution >= 0.6 is 0 Å². The van der Waals surface area contributed by atoms with E-state index in [1.54, 1.807) is 24.3 Å². The van der Waals surface area contributed by atoms with Gasteiger partial charge >= 0.3 is 5.97 Å². The second kappa shape index (κ2) is 10.3. The zero-order valence-corrected chi connectivity index (χ0v) is 15.1. The Morgan fingerprint density at radius 1 is 1.07 bits per heavy atom. The first-order valence-electron chi connectivity index (χ1n) is 8.65. The normalized spacial score (nSPS) is 12.8. The monoisotopic (exact) mass is 372 g/mol. The molecule has 0 aliphatic heterocycles. The van der Waals surface area contributed by atoms with E-state index in [9.17, 15) is 14.7 Å². The predicted octanol–water partition coefficient (Wildman–Crippen LogP) is 2.02. The Hall–Kier alpha value is -2.90. The highest BCUT2D eigenvalue weighted by atomic mass is 16.5. The van der Waals surface area contributed by atoms with Gasteiger partial charge in [-0.25, -0.2) is 0 Å². The highest BCUT2D eigenvalue weighted by Crippen LogP contribution is 2.17. The summed E-state index contributed by atoms with van der Waals surface area (Å²) in [5.74, 6) is -0.909. The summed E-state index contributed by atoms with van der Waals surface area (Å²) < 4.78 is 5.68. The van der Waals surface area contributed by atoms with Crippen molar-refractivity contribution in [2.24, 2.45) is 0 Å². The topological polar surface area (TPSA) is 108 Å². The SMILES string of the molecule is CC(O)CNC(CC(=O)Nc1ccc(OCc2ccccc2)cc1)C(=O)O. The molecule has 0 saturated carbocycles. The molecule has 0 spiro atoms. The fourth-order valence-electron chi connectivity index (χ4n) is 2.33. The summed E-state index contributed by atoms with van der Waals surface area (Å²) in [6.45, 7) is 2.08. The van der Waals surface area contributed by atoms with Crippen LogP contribution in [0.4, 0.5) is 5.69 Å². The standard InChI is InChI=1S/C20H24N2O5/c1-14(23)12-21-18(20(25)26)11-19(24)22-16-7-9-17(10-8-16)27-13-15-5-3-2-4-6-15/h2-10,14,18,21,23H,11-13H2,1H3,(H,22,24)(H,25,26). The molecule has 0 aromatic heterocycles. The lowest BCUT2D eigenvalue weighted by molar-refractivity contribution is -0.141. The molecule has 2 aromatic carbocycles. The second-order valence-electron chi connectivity index (χ2n) is 6.20. The number of carbonyl (C=O) groups excluding carboxylic acids is 1. The average molecular weight is 372 g/mol. The molecular weight excluding hydrogens is 348 g/mol. The van der Waals surface area contributed by atoms with Gasteiger partial charge in [0.1, 0.15) is 18.4 Å². The first-order chi connectivity index (χ1) is 12.9. The van der Waals surface area contributed by atoms with E-state index < -0.39 is 24.0 Å². The van der Waals surface area contributed by atoms with Gasteiger partial charge < -0.3 is 25.6 Å². The Balaban J connectivity index is 1.83. The van der Waals surface area contributed by atoms with Crippen LogP contribution in [0.1, 0.15) is 18.9 Å². The molecule has 0 aliphatic carbocycles. The summed E-state index contributed by atoms with van der Waals surface area (Å²) in [6, 6.07) is 15.6. The number of carboxylic acid groups (broad SMARTS) is 1. The van der Waals surface area contributed by atoms with Crippen LogP contribution < -0.4 is 15.4 Å². The van der Waals surface area contributed by atoms with Crippen molar-refractivity contribution in [1.82, 2.24) is 5.32 Å². The molecule has 0 fully saturated rings. The van der Waals surface area contributed by atoms with Crippen LogP contribution in [-0.2, 0) is 16.2 Å². The van der Waals surface area contributed by atoms with E-state index in [1.807, 2.05) is 30.3 Å². The number of benzene rings is 2. The lowest BCUT2D eigenvalue weighted by atomic mass is 10.2. The van der Waals surface area contributed by atoms with Gasteiger partial charge in [-0.3, -0.25) is 9.59 Å². The van der Waals surface area contributed by atoms with Gasteiger partial charge in [0, 0.05) is 12.2 Å². The molecule has 4 N–H and O–H groups in total. The molecule has 2 aromatic rings. The van der Waals surface area contributed by atoms with Crippen molar-refractivity contribution in [3.05, 3.63) is 60.2 Å². The molecule has 27 heavy (non-hydrogen) atoms. The minimum absolute atomic E-state index is 0.0949. The number of hydrogen-bond donors (Lipinski definition) is 4. The fraction of sp³-hybridized carbons (Fsp3) is 0.300. The number of nitrogens with one attached hydrogen (secondary N) is 2. The third-order valence-electron chi connectivity index (χ3n) is 3.73. The van der Waals surface area contributed by atoms with Crippen LogP contribution in [0.25, 0.3) is 0 Å². The van der Waals surface area contributed by atoms with Crippen LogP contribution in [0.5, 0.6) is 5.75 Å². The van der Waals surface area contributed by atoms with Crippen LogP contribution in [0.3, 0.4) is 0 Å². The molecule has 0 radical (unpaired) electrons. The highest BCUT2D eigenvalue weighted by Gasteiger charge is 2.21. The minimum atomic E-state index is -1.14. The number of hydrogen-bond acceptors (Lipinski definition) is 5. The number of aliphatic hydroxyl groups is 1. The lowest BCUT2D eigenvalue weighted by Gasteiger charge is -2.15. The number of aliphatic hydroxyl groups excluding tert-OH is 1. The van der Waals surface area contributed by atoms with Gasteiger partial charge in [0.05, 0.1) is 12.5 Å². The number of carbonyl (C=O) groups is 2. The molecule has 2 rings (SSSR count). The van der Waals surface area contributed by atoms with Crippen molar-refractivity contribution in [2.75, 3.05) is 11.9 Å². The Morgan fingerprint density at radius 2 is 1.74 bits per heavy atom. The largest absolute Gasteiger partial charge is 0.489 e. The number of aliphatic carboxylic acids is 1. The summed E-state index contributed by atoms with van der Waals surface area (Å²) in [4.78, 5) is 23.3. The van der Waals surface area contributed by atoms with Gasteiger partial charge in [-0.05, 0) is 36.8 Å². The molecule has 7 heteroatoms. The number of anilines is 1. The molecule has 1 amide bonds. The van der Waals surface area contributed by atoms with E-state index in [4.69, 9.17) is 9.84 Å². The second-order valence-corrected chi connectivity index (χ2v) is 6.20. The molecular formula is C20H24N2O5. The van der Waals surface area contributed by atoms with E-state index in [-0.39, 0.29) is 13.0 Å². The third kappa shape index (κ3) is 7.47. The third-order valence-corrected chi connectivity index (χ3v) is 3.73. The predicted molar refractivity (Wildman–Crippen MR) is 102 cm³/mol. The molecule has 7 nitrogen and oxygen atoms in total. The van der Waals surface area contributed by atoms with Gasteiger partial charge in [-0.15, -0.1) is 0 Å². The van der Waals surface area contributed by atoms with Crippen LogP contribution in [0.2, 0.25) is 0 Å². The van der Waals surface area contributed by atoms with E-state index in [2.05, 4.69) is 10.6 Å². The first-order valence-corrected chi connectivity index (χ1v) is 8.65. The Bertz CT molecular complexity index is 732. The highest BCUT2D eigenvalue weighted by molar-refractivity contribution is 5.94. The van der Waals surface area contributed by atoms with E-state index in [1.165, 1.54) is 6.92 Å². The Kier molecular flexibility index (Phi) is 7.79. The van der Waals surface area contributed by atoms with E-state index in [0.29, 0.717) is 18.0 Å². The molecule has 2 atom stereocenters. The fourth-order valence-corrected chi connectivity index (χ4v) is 2.33. The molecule has 0 aliphatic rings. The summed E-state index contributed by atoms with van der Waals surface area (Å²) in [5.41, 5.74) is 1.60. The maximum absolute atomic E-state index is 12.1. The van der Waals surface area contributed by atoms with Gasteiger partial charge in [0.2, 0.25) is 5.91 Å². The quantitative estimate of drug-likeness (QED) is 0.508. The average Bonchev–Trinajstić information content (AvgIpc) is 2.65. The van der Waals surface area contributed by atoms with Crippen molar-refractivity contribution >= 4 is 17.6 Å². The smallest absolute Gasteiger partial charge is 0.321 e. The minimum Gasteiger partial charge on any atom is -0.489 e. The molecule has 0 heterocycles. The first kappa shape index (κ1) is 20.4. The molecule has 0 bridgehead atoms. The maximum Gasteiger partial charge on any atom is 0.321 e. The summed E-state index contributed by atoms with van der Waals surface area (Å²) in [6.07, 6.45) is -0.938. The van der Waals surface area contributed by atoms with E-state index in [0.717, 1.165) is 5.56 Å². The van der Waals surface area contributed by atoms with Crippen molar-refractivity contribution in [1.29, 1.82) is 0 Å². The van der Waals surface area contributed by atoms with Crippen LogP contribution in [0.15, 0.2) is 54.6 Å². The zero-order valence-electron chi connectivity index (χ0n) is 15.1. The molecule has 0 saturated heterocycles. The Morgan fingerprint density at radius 3 is 2.33 bits per heavy atom. The number of rotatable bonds is 10. The molecule has 144 valence electrons.